The molecule has 6 nitrogen and oxygen atoms in total. The highest BCUT2D eigenvalue weighted by molar-refractivity contribution is 5.79. The molecule has 0 amide bonds. The van der Waals surface area contributed by atoms with E-state index in [9.17, 15) is 0 Å². The van der Waals surface area contributed by atoms with Gasteiger partial charge in [-0.3, -0.25) is 9.89 Å². The quantitative estimate of drug-likeness (QED) is 0.614. The van der Waals surface area contributed by atoms with Gasteiger partial charge in [-0.05, 0) is 19.3 Å². The van der Waals surface area contributed by atoms with Gasteiger partial charge in [-0.15, -0.1) is 0 Å². The normalized spacial score (nSPS) is 24.1. The summed E-state index contributed by atoms with van der Waals surface area (Å²) in [6.45, 7) is 3.06. The van der Waals surface area contributed by atoms with E-state index in [1.807, 2.05) is 31.1 Å². The van der Waals surface area contributed by atoms with Crippen LogP contribution >= 0.6 is 0 Å². The number of aliphatic imine (C=N–C) groups is 1. The molecule has 1 aromatic rings. The molecule has 0 spiro atoms. The maximum atomic E-state index is 4.31. The van der Waals surface area contributed by atoms with E-state index in [0.717, 1.165) is 24.4 Å². The predicted molar refractivity (Wildman–Crippen MR) is 79.5 cm³/mol. The highest BCUT2D eigenvalue weighted by atomic mass is 15.3. The summed E-state index contributed by atoms with van der Waals surface area (Å²) in [4.78, 5) is 11.2. The highest BCUT2D eigenvalue weighted by Crippen LogP contribution is 2.29. The first-order chi connectivity index (χ1) is 9.76. The Balaban J connectivity index is 1.46. The fraction of sp³-hybridized carbons (Fsp3) is 0.714. The minimum atomic E-state index is 0.517. The average molecular weight is 276 g/mol. The lowest BCUT2D eigenvalue weighted by atomic mass is 10.3. The van der Waals surface area contributed by atoms with Crippen molar-refractivity contribution in [3.63, 3.8) is 0 Å². The Bertz CT molecular complexity index is 476. The molecule has 1 unspecified atom stereocenters. The second-order valence-corrected chi connectivity index (χ2v) is 5.74. The number of likely N-dealkylation sites (tertiary alicyclic amines) is 1. The topological polar surface area (TPSA) is 57.5 Å². The first-order valence-electron chi connectivity index (χ1n) is 7.43. The number of hydrogen-bond acceptors (Lipinski definition) is 3. The molecule has 0 aromatic carbocycles. The van der Waals surface area contributed by atoms with Crippen molar-refractivity contribution in [3.8, 4) is 0 Å². The number of rotatable bonds is 4. The van der Waals surface area contributed by atoms with Crippen molar-refractivity contribution < 1.29 is 0 Å². The number of nitrogens with zero attached hydrogens (tertiary/aromatic N) is 4. The molecular weight excluding hydrogens is 252 g/mol. The van der Waals surface area contributed by atoms with Crippen LogP contribution in [0.5, 0.6) is 0 Å². The minimum Gasteiger partial charge on any atom is -0.352 e. The van der Waals surface area contributed by atoms with Crippen LogP contribution in [-0.4, -0.2) is 52.6 Å². The lowest BCUT2D eigenvalue weighted by Gasteiger charge is -2.18. The van der Waals surface area contributed by atoms with Crippen LogP contribution in [0, 0.1) is 0 Å². The number of hydrogen-bond donors (Lipinski definition) is 2. The maximum Gasteiger partial charge on any atom is 0.191 e. The largest absolute Gasteiger partial charge is 0.352 e. The molecule has 6 heteroatoms. The lowest BCUT2D eigenvalue weighted by Crippen LogP contribution is -2.44. The van der Waals surface area contributed by atoms with Crippen molar-refractivity contribution >= 4 is 5.96 Å². The number of nitrogens with one attached hydrogen (secondary N) is 2. The van der Waals surface area contributed by atoms with Gasteiger partial charge in [-0.1, -0.05) is 0 Å². The smallest absolute Gasteiger partial charge is 0.191 e. The molecule has 110 valence electrons. The summed E-state index contributed by atoms with van der Waals surface area (Å²) < 4.78 is 2.02. The van der Waals surface area contributed by atoms with Crippen LogP contribution in [0.15, 0.2) is 17.4 Å². The molecule has 2 heterocycles. The minimum absolute atomic E-state index is 0.517. The molecule has 20 heavy (non-hydrogen) atoms. The standard InChI is InChI=1S/C14H24N6/c1-15-14(17-9-13-16-6-8-19(13)2)18-11-5-7-20(10-11)12-3-4-12/h6,8,11-12H,3-5,7,9-10H2,1-2H3,(H2,15,17,18). The van der Waals surface area contributed by atoms with Gasteiger partial charge < -0.3 is 15.2 Å². The van der Waals surface area contributed by atoms with E-state index in [2.05, 4.69) is 25.5 Å². The van der Waals surface area contributed by atoms with Crippen molar-refractivity contribution in [3.05, 3.63) is 18.2 Å². The molecule has 1 atom stereocenters. The zero-order valence-corrected chi connectivity index (χ0v) is 12.3. The molecule has 0 radical (unpaired) electrons. The number of guanidine groups is 1. The van der Waals surface area contributed by atoms with Crippen LogP contribution in [0.1, 0.15) is 25.1 Å². The van der Waals surface area contributed by atoms with Crippen molar-refractivity contribution in [1.82, 2.24) is 25.1 Å². The molecule has 2 aliphatic rings. The Morgan fingerprint density at radius 1 is 1.45 bits per heavy atom. The fourth-order valence-electron chi connectivity index (χ4n) is 2.79. The molecule has 3 rings (SSSR count). The molecule has 1 aliphatic heterocycles. The number of aryl methyl sites for hydroxylation is 1. The van der Waals surface area contributed by atoms with E-state index >= 15 is 0 Å². The first kappa shape index (κ1) is 13.4. The van der Waals surface area contributed by atoms with Gasteiger partial charge >= 0.3 is 0 Å². The van der Waals surface area contributed by atoms with Crippen molar-refractivity contribution in [2.45, 2.75) is 37.9 Å². The fourth-order valence-corrected chi connectivity index (χ4v) is 2.79. The molecule has 1 saturated carbocycles. The third-order valence-corrected chi connectivity index (χ3v) is 4.18. The van der Waals surface area contributed by atoms with Crippen molar-refractivity contribution in [2.24, 2.45) is 12.0 Å². The number of aromatic nitrogens is 2. The number of imidazole rings is 1. The zero-order chi connectivity index (χ0) is 13.9. The van der Waals surface area contributed by atoms with Gasteiger partial charge in [0.15, 0.2) is 5.96 Å². The molecule has 1 saturated heterocycles. The van der Waals surface area contributed by atoms with Crippen LogP contribution in [0.4, 0.5) is 0 Å². The molecule has 1 aliphatic carbocycles. The molecule has 1 aromatic heterocycles. The molecule has 2 fully saturated rings. The van der Waals surface area contributed by atoms with Crippen LogP contribution < -0.4 is 10.6 Å². The van der Waals surface area contributed by atoms with E-state index in [1.54, 1.807) is 0 Å². The summed E-state index contributed by atoms with van der Waals surface area (Å²) in [5, 5.41) is 6.86. The van der Waals surface area contributed by atoms with Gasteiger partial charge in [-0.2, -0.15) is 0 Å². The van der Waals surface area contributed by atoms with E-state index in [4.69, 9.17) is 0 Å². The van der Waals surface area contributed by atoms with Gasteiger partial charge in [0, 0.05) is 51.7 Å². The molecule has 2 N–H and O–H groups in total. The summed E-state index contributed by atoms with van der Waals surface area (Å²) in [6.07, 6.45) is 7.76. The van der Waals surface area contributed by atoms with E-state index < -0.39 is 0 Å². The second-order valence-electron chi connectivity index (χ2n) is 5.74. The maximum absolute atomic E-state index is 4.31. The Morgan fingerprint density at radius 2 is 2.30 bits per heavy atom. The summed E-state index contributed by atoms with van der Waals surface area (Å²) in [5.41, 5.74) is 0. The lowest BCUT2D eigenvalue weighted by molar-refractivity contribution is 0.321. The zero-order valence-electron chi connectivity index (χ0n) is 12.3. The Kier molecular flexibility index (Phi) is 3.91. The average Bonchev–Trinajstić information content (AvgIpc) is 3.07. The van der Waals surface area contributed by atoms with Gasteiger partial charge in [-0.25, -0.2) is 4.98 Å². The van der Waals surface area contributed by atoms with E-state index in [-0.39, 0.29) is 0 Å². The van der Waals surface area contributed by atoms with E-state index in [1.165, 1.54) is 25.8 Å². The summed E-state index contributed by atoms with van der Waals surface area (Å²) in [5.74, 6) is 1.88. The SMILES string of the molecule is CN=C(NCc1nccn1C)NC1CCN(C2CC2)C1. The third-order valence-electron chi connectivity index (χ3n) is 4.18. The van der Waals surface area contributed by atoms with Crippen LogP contribution in [-0.2, 0) is 13.6 Å². The van der Waals surface area contributed by atoms with Gasteiger partial charge in [0.05, 0.1) is 6.54 Å². The van der Waals surface area contributed by atoms with Gasteiger partial charge in [0.2, 0.25) is 0 Å². The van der Waals surface area contributed by atoms with Gasteiger partial charge in [0.1, 0.15) is 5.82 Å². The summed E-state index contributed by atoms with van der Waals surface area (Å²) in [7, 11) is 3.83. The first-order valence-corrected chi connectivity index (χ1v) is 7.43. The van der Waals surface area contributed by atoms with Crippen LogP contribution in [0.2, 0.25) is 0 Å². The second kappa shape index (κ2) is 5.83. The van der Waals surface area contributed by atoms with Crippen molar-refractivity contribution in [2.75, 3.05) is 20.1 Å². The Labute approximate surface area is 120 Å². The molecule has 0 bridgehead atoms. The summed E-state index contributed by atoms with van der Waals surface area (Å²) >= 11 is 0. The summed E-state index contributed by atoms with van der Waals surface area (Å²) in [6, 6.07) is 1.38. The predicted octanol–water partition coefficient (Wildman–Crippen LogP) is 0.322. The molecular formula is C14H24N6. The van der Waals surface area contributed by atoms with Crippen LogP contribution in [0.3, 0.4) is 0 Å². The van der Waals surface area contributed by atoms with Crippen molar-refractivity contribution in [1.29, 1.82) is 0 Å². The van der Waals surface area contributed by atoms with E-state index in [0.29, 0.717) is 12.6 Å². The Morgan fingerprint density at radius 3 is 2.95 bits per heavy atom. The van der Waals surface area contributed by atoms with Crippen LogP contribution in [0.25, 0.3) is 0 Å². The van der Waals surface area contributed by atoms with Gasteiger partial charge in [0.25, 0.3) is 0 Å². The Hall–Kier alpha value is -1.56. The highest BCUT2D eigenvalue weighted by Gasteiger charge is 2.34. The third kappa shape index (κ3) is 3.12. The monoisotopic (exact) mass is 276 g/mol.